The van der Waals surface area contributed by atoms with Gasteiger partial charge in [0.05, 0.1) is 10.6 Å². The van der Waals surface area contributed by atoms with Crippen molar-refractivity contribution in [1.82, 2.24) is 9.80 Å². The highest BCUT2D eigenvalue weighted by Gasteiger charge is 2.25. The summed E-state index contributed by atoms with van der Waals surface area (Å²) in [6.45, 7) is 3.98. The first-order valence-corrected chi connectivity index (χ1v) is 7.93. The van der Waals surface area contributed by atoms with E-state index in [-0.39, 0.29) is 16.5 Å². The normalized spacial score (nSPS) is 15.6. The molecule has 0 N–H and O–H groups in total. The monoisotopic (exact) mass is 326 g/mol. The van der Waals surface area contributed by atoms with Crippen molar-refractivity contribution in [1.29, 1.82) is 0 Å². The third-order valence-corrected chi connectivity index (χ3v) is 4.09. The number of nitrogens with zero attached hydrogens (tertiary/aromatic N) is 2. The third-order valence-electron chi connectivity index (χ3n) is 3.78. The van der Waals surface area contributed by atoms with E-state index in [2.05, 4.69) is 0 Å². The highest BCUT2D eigenvalue weighted by Crippen LogP contribution is 2.21. The van der Waals surface area contributed by atoms with Crippen molar-refractivity contribution in [3.8, 4) is 0 Å². The molecule has 0 unspecified atom stereocenters. The molecule has 0 saturated carbocycles. The van der Waals surface area contributed by atoms with Crippen molar-refractivity contribution in [2.75, 3.05) is 26.2 Å². The van der Waals surface area contributed by atoms with Gasteiger partial charge in [-0.15, -0.1) is 0 Å². The molecule has 22 heavy (non-hydrogen) atoms. The second-order valence-corrected chi connectivity index (χ2v) is 5.78. The second-order valence-electron chi connectivity index (χ2n) is 5.37. The van der Waals surface area contributed by atoms with E-state index in [9.17, 15) is 14.0 Å². The van der Waals surface area contributed by atoms with E-state index < -0.39 is 11.7 Å². The van der Waals surface area contributed by atoms with Crippen molar-refractivity contribution in [2.24, 2.45) is 0 Å². The SMILES string of the molecule is CCCC(=O)N1CCCN(C(=O)c2c(F)cccc2Cl)CC1. The highest BCUT2D eigenvalue weighted by atomic mass is 35.5. The first kappa shape index (κ1) is 16.7. The first-order chi connectivity index (χ1) is 10.5. The minimum absolute atomic E-state index is 0.0856. The molecule has 2 rings (SSSR count). The van der Waals surface area contributed by atoms with Gasteiger partial charge in [-0.25, -0.2) is 4.39 Å². The van der Waals surface area contributed by atoms with Crippen molar-refractivity contribution in [2.45, 2.75) is 26.2 Å². The summed E-state index contributed by atoms with van der Waals surface area (Å²) in [6.07, 6.45) is 2.02. The molecule has 0 bridgehead atoms. The lowest BCUT2D eigenvalue weighted by molar-refractivity contribution is -0.131. The quantitative estimate of drug-likeness (QED) is 0.857. The summed E-state index contributed by atoms with van der Waals surface area (Å²) in [5, 5.41) is 0.119. The highest BCUT2D eigenvalue weighted by molar-refractivity contribution is 6.33. The number of halogens is 2. The lowest BCUT2D eigenvalue weighted by atomic mass is 10.1. The third kappa shape index (κ3) is 3.77. The van der Waals surface area contributed by atoms with Crippen LogP contribution in [-0.4, -0.2) is 47.8 Å². The van der Waals surface area contributed by atoms with Crippen LogP contribution in [-0.2, 0) is 4.79 Å². The van der Waals surface area contributed by atoms with Crippen LogP contribution >= 0.6 is 11.6 Å². The molecule has 0 spiro atoms. The van der Waals surface area contributed by atoms with E-state index in [1.165, 1.54) is 18.2 Å². The maximum absolute atomic E-state index is 13.9. The molecule has 0 radical (unpaired) electrons. The molecule has 0 aliphatic carbocycles. The Morgan fingerprint density at radius 3 is 2.55 bits per heavy atom. The minimum Gasteiger partial charge on any atom is -0.341 e. The number of amides is 2. The van der Waals surface area contributed by atoms with Crippen LogP contribution in [0.15, 0.2) is 18.2 Å². The fourth-order valence-corrected chi connectivity index (χ4v) is 2.85. The van der Waals surface area contributed by atoms with Crippen LogP contribution < -0.4 is 0 Å². The van der Waals surface area contributed by atoms with Gasteiger partial charge >= 0.3 is 0 Å². The molecule has 0 aromatic heterocycles. The Kier molecular flexibility index (Phi) is 5.77. The first-order valence-electron chi connectivity index (χ1n) is 7.55. The van der Waals surface area contributed by atoms with Crippen LogP contribution in [0.1, 0.15) is 36.5 Å². The van der Waals surface area contributed by atoms with Gasteiger partial charge in [-0.05, 0) is 25.0 Å². The largest absolute Gasteiger partial charge is 0.341 e. The summed E-state index contributed by atoms with van der Waals surface area (Å²) >= 11 is 5.95. The summed E-state index contributed by atoms with van der Waals surface area (Å²) in [5.74, 6) is -0.908. The molecule has 4 nitrogen and oxygen atoms in total. The van der Waals surface area contributed by atoms with Gasteiger partial charge in [-0.1, -0.05) is 24.6 Å². The Labute approximate surface area is 134 Å². The zero-order chi connectivity index (χ0) is 16.1. The summed E-state index contributed by atoms with van der Waals surface area (Å²) in [7, 11) is 0. The molecule has 1 saturated heterocycles. The zero-order valence-electron chi connectivity index (χ0n) is 12.6. The van der Waals surface area contributed by atoms with E-state index in [0.29, 0.717) is 39.0 Å². The average Bonchev–Trinajstić information content (AvgIpc) is 2.73. The molecule has 1 aromatic rings. The van der Waals surface area contributed by atoms with Crippen LogP contribution in [0.25, 0.3) is 0 Å². The summed E-state index contributed by atoms with van der Waals surface area (Å²) < 4.78 is 13.9. The maximum Gasteiger partial charge on any atom is 0.258 e. The fourth-order valence-electron chi connectivity index (χ4n) is 2.60. The fraction of sp³-hybridized carbons (Fsp3) is 0.500. The van der Waals surface area contributed by atoms with Gasteiger partial charge in [-0.3, -0.25) is 9.59 Å². The van der Waals surface area contributed by atoms with E-state index in [1.807, 2.05) is 6.92 Å². The van der Waals surface area contributed by atoms with Gasteiger partial charge in [-0.2, -0.15) is 0 Å². The van der Waals surface area contributed by atoms with Crippen molar-refractivity contribution < 1.29 is 14.0 Å². The van der Waals surface area contributed by atoms with Crippen molar-refractivity contribution in [3.63, 3.8) is 0 Å². The lowest BCUT2D eigenvalue weighted by Crippen LogP contribution is -2.37. The smallest absolute Gasteiger partial charge is 0.258 e. The molecular formula is C16H20ClFN2O2. The molecule has 6 heteroatoms. The number of hydrogen-bond donors (Lipinski definition) is 0. The molecule has 1 aliphatic rings. The van der Waals surface area contributed by atoms with Gasteiger partial charge in [0.2, 0.25) is 5.91 Å². The van der Waals surface area contributed by atoms with E-state index in [4.69, 9.17) is 11.6 Å². The van der Waals surface area contributed by atoms with Crippen LogP contribution in [0.3, 0.4) is 0 Å². The molecule has 1 heterocycles. The number of carbonyl (C=O) groups excluding carboxylic acids is 2. The van der Waals surface area contributed by atoms with E-state index >= 15 is 0 Å². The Morgan fingerprint density at radius 2 is 1.86 bits per heavy atom. The van der Waals surface area contributed by atoms with Crippen molar-refractivity contribution >= 4 is 23.4 Å². The van der Waals surface area contributed by atoms with Gasteiger partial charge in [0.1, 0.15) is 5.82 Å². The number of hydrogen-bond acceptors (Lipinski definition) is 2. The average molecular weight is 327 g/mol. The van der Waals surface area contributed by atoms with Crippen LogP contribution in [0.4, 0.5) is 4.39 Å². The van der Waals surface area contributed by atoms with Crippen LogP contribution in [0.5, 0.6) is 0 Å². The molecule has 1 fully saturated rings. The van der Waals surface area contributed by atoms with Gasteiger partial charge < -0.3 is 9.80 Å². The van der Waals surface area contributed by atoms with Crippen LogP contribution in [0, 0.1) is 5.82 Å². The van der Waals surface area contributed by atoms with Gasteiger partial charge in [0.25, 0.3) is 5.91 Å². The van der Waals surface area contributed by atoms with Gasteiger partial charge in [0, 0.05) is 32.6 Å². The lowest BCUT2D eigenvalue weighted by Gasteiger charge is -2.22. The molecule has 120 valence electrons. The second kappa shape index (κ2) is 7.58. The summed E-state index contributed by atoms with van der Waals surface area (Å²) in [4.78, 5) is 27.8. The number of benzene rings is 1. The Hall–Kier alpha value is -1.62. The molecule has 0 atom stereocenters. The predicted octanol–water partition coefficient (Wildman–Crippen LogP) is 2.95. The Bertz CT molecular complexity index is 545. The van der Waals surface area contributed by atoms with E-state index in [0.717, 1.165) is 6.42 Å². The zero-order valence-corrected chi connectivity index (χ0v) is 13.4. The molecule has 2 amide bonds. The molecule has 1 aromatic carbocycles. The Morgan fingerprint density at radius 1 is 1.18 bits per heavy atom. The topological polar surface area (TPSA) is 40.6 Å². The molecular weight excluding hydrogens is 307 g/mol. The summed E-state index contributed by atoms with van der Waals surface area (Å²) in [5.41, 5.74) is -0.0856. The summed E-state index contributed by atoms with van der Waals surface area (Å²) in [6, 6.07) is 4.21. The van der Waals surface area contributed by atoms with Gasteiger partial charge in [0.15, 0.2) is 0 Å². The van der Waals surface area contributed by atoms with E-state index in [1.54, 1.807) is 9.80 Å². The predicted molar refractivity (Wildman–Crippen MR) is 83.4 cm³/mol. The Balaban J connectivity index is 2.08. The number of carbonyl (C=O) groups is 2. The van der Waals surface area contributed by atoms with Crippen molar-refractivity contribution in [3.05, 3.63) is 34.6 Å². The minimum atomic E-state index is -0.610. The standard InChI is InChI=1S/C16H20ClFN2O2/c1-2-5-14(21)19-8-4-9-20(11-10-19)16(22)15-12(17)6-3-7-13(15)18/h3,6-7H,2,4-5,8-11H2,1H3. The maximum atomic E-state index is 13.9. The number of rotatable bonds is 3. The van der Waals surface area contributed by atoms with Crippen LogP contribution in [0.2, 0.25) is 5.02 Å². The molecule has 1 aliphatic heterocycles.